The van der Waals surface area contributed by atoms with Crippen molar-refractivity contribution in [3.63, 3.8) is 0 Å². The van der Waals surface area contributed by atoms with E-state index in [1.165, 1.54) is 12.1 Å². The van der Waals surface area contributed by atoms with Gasteiger partial charge in [-0.2, -0.15) is 0 Å². The minimum absolute atomic E-state index is 0.0402. The van der Waals surface area contributed by atoms with Crippen LogP contribution < -0.4 is 4.74 Å². The smallest absolute Gasteiger partial charge is 0.248 e. The summed E-state index contributed by atoms with van der Waals surface area (Å²) in [5.41, 5.74) is 1.11. The molecule has 1 aromatic heterocycles. The van der Waals surface area contributed by atoms with Crippen molar-refractivity contribution in [1.29, 1.82) is 0 Å². The zero-order valence-corrected chi connectivity index (χ0v) is 17.2. The van der Waals surface area contributed by atoms with Gasteiger partial charge in [-0.05, 0) is 44.0 Å². The number of carbonyl (C=O) groups is 1. The molecule has 3 heterocycles. The lowest BCUT2D eigenvalue weighted by Gasteiger charge is -2.42. The summed E-state index contributed by atoms with van der Waals surface area (Å²) in [6.07, 6.45) is 5.45. The third-order valence-corrected chi connectivity index (χ3v) is 5.65. The van der Waals surface area contributed by atoms with Gasteiger partial charge in [-0.15, -0.1) is 0 Å². The number of ether oxygens (including phenoxy) is 2. The fourth-order valence-corrected chi connectivity index (χ4v) is 3.97. The SMILES string of the molecule is Cc1ncc(CN2CCC(N3C[C@H](COc4ccc(F)cc4)OCC3=O)CC2)cn1. The highest BCUT2D eigenvalue weighted by molar-refractivity contribution is 5.78. The van der Waals surface area contributed by atoms with Gasteiger partial charge in [0, 0.05) is 43.6 Å². The molecule has 0 bridgehead atoms. The molecule has 7 nitrogen and oxygen atoms in total. The first-order chi connectivity index (χ1) is 14.6. The minimum atomic E-state index is -0.297. The lowest BCUT2D eigenvalue weighted by Crippen LogP contribution is -2.55. The predicted molar refractivity (Wildman–Crippen MR) is 108 cm³/mol. The lowest BCUT2D eigenvalue weighted by atomic mass is 10.0. The van der Waals surface area contributed by atoms with E-state index >= 15 is 0 Å². The standard InChI is InChI=1S/C22H27FN4O3/c1-16-24-10-17(11-25-16)12-26-8-6-19(7-9-26)27-13-21(30-15-22(27)28)14-29-20-4-2-18(23)3-5-20/h2-5,10-11,19,21H,6-9,12-15H2,1H3/t21-/m1/s1. The van der Waals surface area contributed by atoms with Crippen molar-refractivity contribution in [2.24, 2.45) is 0 Å². The molecule has 2 aliphatic heterocycles. The molecular formula is C22H27FN4O3. The molecule has 0 radical (unpaired) electrons. The van der Waals surface area contributed by atoms with E-state index in [0.29, 0.717) is 18.9 Å². The molecular weight excluding hydrogens is 387 g/mol. The second-order valence-corrected chi connectivity index (χ2v) is 7.89. The second-order valence-electron chi connectivity index (χ2n) is 7.89. The fraction of sp³-hybridized carbons (Fsp3) is 0.500. The van der Waals surface area contributed by atoms with Crippen molar-refractivity contribution in [3.05, 3.63) is 53.9 Å². The highest BCUT2D eigenvalue weighted by Crippen LogP contribution is 2.22. The van der Waals surface area contributed by atoms with Gasteiger partial charge in [0.15, 0.2) is 0 Å². The number of hydrogen-bond donors (Lipinski definition) is 0. The summed E-state index contributed by atoms with van der Waals surface area (Å²) >= 11 is 0. The highest BCUT2D eigenvalue weighted by atomic mass is 19.1. The fourth-order valence-electron chi connectivity index (χ4n) is 3.97. The first-order valence-electron chi connectivity index (χ1n) is 10.4. The van der Waals surface area contributed by atoms with Crippen LogP contribution in [-0.4, -0.2) is 70.7 Å². The summed E-state index contributed by atoms with van der Waals surface area (Å²) in [7, 11) is 0. The van der Waals surface area contributed by atoms with E-state index in [0.717, 1.165) is 43.9 Å². The largest absolute Gasteiger partial charge is 0.491 e. The Labute approximate surface area is 175 Å². The van der Waals surface area contributed by atoms with Gasteiger partial charge in [0.1, 0.15) is 36.7 Å². The second kappa shape index (κ2) is 9.49. The third kappa shape index (κ3) is 5.31. The van der Waals surface area contributed by atoms with Crippen LogP contribution in [0.3, 0.4) is 0 Å². The Bertz CT molecular complexity index is 838. The van der Waals surface area contributed by atoms with Gasteiger partial charge in [0.05, 0.1) is 6.54 Å². The molecule has 2 aromatic rings. The lowest BCUT2D eigenvalue weighted by molar-refractivity contribution is -0.155. The Morgan fingerprint density at radius 3 is 2.57 bits per heavy atom. The van der Waals surface area contributed by atoms with Gasteiger partial charge >= 0.3 is 0 Å². The van der Waals surface area contributed by atoms with Crippen LogP contribution in [0.25, 0.3) is 0 Å². The van der Waals surface area contributed by atoms with Gasteiger partial charge in [-0.1, -0.05) is 0 Å². The predicted octanol–water partition coefficient (Wildman–Crippen LogP) is 2.19. The Hall–Kier alpha value is -2.58. The molecule has 0 N–H and O–H groups in total. The molecule has 8 heteroatoms. The number of likely N-dealkylation sites (tertiary alicyclic amines) is 1. The summed E-state index contributed by atoms with van der Waals surface area (Å²) in [5.74, 6) is 1.12. The van der Waals surface area contributed by atoms with Crippen molar-refractivity contribution in [3.8, 4) is 5.75 Å². The van der Waals surface area contributed by atoms with Gasteiger partial charge < -0.3 is 14.4 Å². The van der Waals surface area contributed by atoms with E-state index in [9.17, 15) is 9.18 Å². The molecule has 160 valence electrons. The topological polar surface area (TPSA) is 67.8 Å². The maximum atomic E-state index is 13.0. The van der Waals surface area contributed by atoms with Crippen molar-refractivity contribution in [1.82, 2.24) is 19.8 Å². The molecule has 0 spiro atoms. The average Bonchev–Trinajstić information content (AvgIpc) is 2.76. The minimum Gasteiger partial charge on any atom is -0.491 e. The van der Waals surface area contributed by atoms with Crippen molar-refractivity contribution in [2.45, 2.75) is 38.5 Å². The molecule has 0 saturated carbocycles. The number of aryl methyl sites for hydroxylation is 1. The molecule has 0 unspecified atom stereocenters. The Kier molecular flexibility index (Phi) is 6.54. The van der Waals surface area contributed by atoms with E-state index in [2.05, 4.69) is 14.9 Å². The number of morpholine rings is 1. The van der Waals surface area contributed by atoms with Crippen LogP contribution in [0.1, 0.15) is 24.2 Å². The van der Waals surface area contributed by atoms with Crippen molar-refractivity contribution in [2.75, 3.05) is 32.8 Å². The van der Waals surface area contributed by atoms with E-state index < -0.39 is 0 Å². The number of hydrogen-bond acceptors (Lipinski definition) is 6. The normalized spacial score (nSPS) is 21.1. The third-order valence-electron chi connectivity index (χ3n) is 5.65. The molecule has 4 rings (SSSR count). The summed E-state index contributed by atoms with van der Waals surface area (Å²) in [4.78, 5) is 25.3. The number of carbonyl (C=O) groups excluding carboxylic acids is 1. The maximum Gasteiger partial charge on any atom is 0.248 e. The first-order valence-corrected chi connectivity index (χ1v) is 10.4. The maximum absolute atomic E-state index is 13.0. The van der Waals surface area contributed by atoms with Crippen LogP contribution in [0.4, 0.5) is 4.39 Å². The van der Waals surface area contributed by atoms with E-state index in [1.54, 1.807) is 12.1 Å². The summed E-state index contributed by atoms with van der Waals surface area (Å²) in [5, 5.41) is 0. The van der Waals surface area contributed by atoms with Gasteiger partial charge in [-0.3, -0.25) is 9.69 Å². The van der Waals surface area contributed by atoms with Crippen LogP contribution in [0, 0.1) is 12.7 Å². The monoisotopic (exact) mass is 414 g/mol. The molecule has 1 amide bonds. The summed E-state index contributed by atoms with van der Waals surface area (Å²) < 4.78 is 24.4. The highest BCUT2D eigenvalue weighted by Gasteiger charge is 2.33. The summed E-state index contributed by atoms with van der Waals surface area (Å²) in [6.45, 7) is 5.52. The molecule has 2 fully saturated rings. The Balaban J connectivity index is 1.26. The molecule has 2 saturated heterocycles. The Morgan fingerprint density at radius 1 is 1.17 bits per heavy atom. The number of rotatable bonds is 6. The van der Waals surface area contributed by atoms with Crippen LogP contribution in [-0.2, 0) is 16.1 Å². The van der Waals surface area contributed by atoms with Gasteiger partial charge in [-0.25, -0.2) is 14.4 Å². The summed E-state index contributed by atoms with van der Waals surface area (Å²) in [6, 6.07) is 6.14. The molecule has 1 aromatic carbocycles. The molecule has 30 heavy (non-hydrogen) atoms. The zero-order valence-electron chi connectivity index (χ0n) is 17.2. The molecule has 0 aliphatic carbocycles. The number of nitrogens with zero attached hydrogens (tertiary/aromatic N) is 4. The van der Waals surface area contributed by atoms with Crippen LogP contribution in [0.5, 0.6) is 5.75 Å². The number of piperidine rings is 1. The van der Waals surface area contributed by atoms with Crippen LogP contribution >= 0.6 is 0 Å². The van der Waals surface area contributed by atoms with E-state index in [1.807, 2.05) is 24.2 Å². The number of halogens is 1. The van der Waals surface area contributed by atoms with Crippen LogP contribution in [0.15, 0.2) is 36.7 Å². The van der Waals surface area contributed by atoms with Gasteiger partial charge in [0.25, 0.3) is 0 Å². The molecule has 2 aliphatic rings. The number of amides is 1. The quantitative estimate of drug-likeness (QED) is 0.722. The van der Waals surface area contributed by atoms with Gasteiger partial charge in [0.2, 0.25) is 5.91 Å². The molecule has 1 atom stereocenters. The zero-order chi connectivity index (χ0) is 20.9. The number of benzene rings is 1. The van der Waals surface area contributed by atoms with E-state index in [-0.39, 0.29) is 30.5 Å². The first kappa shape index (κ1) is 20.7. The Morgan fingerprint density at radius 2 is 1.87 bits per heavy atom. The van der Waals surface area contributed by atoms with E-state index in [4.69, 9.17) is 9.47 Å². The number of aromatic nitrogens is 2. The van der Waals surface area contributed by atoms with Crippen molar-refractivity contribution >= 4 is 5.91 Å². The van der Waals surface area contributed by atoms with Crippen molar-refractivity contribution < 1.29 is 18.7 Å². The van der Waals surface area contributed by atoms with Crippen LogP contribution in [0.2, 0.25) is 0 Å². The average molecular weight is 414 g/mol.